The zero-order chi connectivity index (χ0) is 12.9. The van der Waals surface area contributed by atoms with E-state index in [4.69, 9.17) is 0 Å². The van der Waals surface area contributed by atoms with E-state index in [1.807, 2.05) is 0 Å². The maximum atomic E-state index is 11.2. The molecule has 0 spiro atoms. The summed E-state index contributed by atoms with van der Waals surface area (Å²) in [6.45, 7) is 2.23. The molecule has 0 aliphatic rings. The Kier molecular flexibility index (Phi) is 11.9. The molecule has 0 aromatic rings. The van der Waals surface area contributed by atoms with Crippen LogP contribution in [0.3, 0.4) is 0 Å². The molecule has 0 saturated heterocycles. The number of hydrogen-bond acceptors (Lipinski definition) is 3. The molecule has 0 aromatic heterocycles. The summed E-state index contributed by atoms with van der Waals surface area (Å²) < 4.78 is 0. The summed E-state index contributed by atoms with van der Waals surface area (Å²) in [6.07, 6.45) is 13.2. The van der Waals surface area contributed by atoms with Gasteiger partial charge in [-0.05, 0) is 12.7 Å². The van der Waals surface area contributed by atoms with Gasteiger partial charge in [0.1, 0.15) is 0 Å². The Bertz CT molecular complexity index is 214. The predicted octanol–water partition coefficient (Wildman–Crippen LogP) is 4.37. The lowest BCUT2D eigenvalue weighted by Crippen LogP contribution is -2.08. The second kappa shape index (κ2) is 12.2. The van der Waals surface area contributed by atoms with Gasteiger partial charge >= 0.3 is 0 Å². The summed E-state index contributed by atoms with van der Waals surface area (Å²) in [5, 5.41) is -0.287. The van der Waals surface area contributed by atoms with Gasteiger partial charge in [0.2, 0.25) is 5.78 Å². The van der Waals surface area contributed by atoms with E-state index in [-0.39, 0.29) is 10.9 Å². The average Bonchev–Trinajstić information content (AvgIpc) is 2.35. The number of thioether (sulfide) groups is 1. The van der Waals surface area contributed by atoms with Crippen LogP contribution >= 0.6 is 11.8 Å². The largest absolute Gasteiger partial charge is 0.290 e. The lowest BCUT2D eigenvalue weighted by atomic mass is 10.1. The smallest absolute Gasteiger partial charge is 0.254 e. The van der Waals surface area contributed by atoms with Crippen LogP contribution in [0.25, 0.3) is 0 Å². The van der Waals surface area contributed by atoms with Gasteiger partial charge in [0.15, 0.2) is 0 Å². The molecule has 0 aromatic carbocycles. The first-order valence-corrected chi connectivity index (χ1v) is 8.06. The first-order valence-electron chi connectivity index (χ1n) is 6.83. The molecule has 0 heterocycles. The van der Waals surface area contributed by atoms with Crippen molar-refractivity contribution in [2.75, 3.05) is 6.26 Å². The van der Waals surface area contributed by atoms with Gasteiger partial charge in [-0.25, -0.2) is 0 Å². The van der Waals surface area contributed by atoms with Gasteiger partial charge in [-0.3, -0.25) is 9.59 Å². The van der Waals surface area contributed by atoms with Crippen LogP contribution in [-0.4, -0.2) is 17.2 Å². The van der Waals surface area contributed by atoms with E-state index in [9.17, 15) is 9.59 Å². The van der Waals surface area contributed by atoms with Crippen LogP contribution < -0.4 is 0 Å². The van der Waals surface area contributed by atoms with E-state index in [0.29, 0.717) is 6.42 Å². The van der Waals surface area contributed by atoms with E-state index in [1.165, 1.54) is 44.9 Å². The molecule has 0 unspecified atom stereocenters. The summed E-state index contributed by atoms with van der Waals surface area (Å²) in [4.78, 5) is 22.2. The molecule has 0 amide bonds. The minimum atomic E-state index is -0.287. The van der Waals surface area contributed by atoms with Crippen LogP contribution in [0.2, 0.25) is 0 Å². The quantitative estimate of drug-likeness (QED) is 0.408. The normalized spacial score (nSPS) is 10.5. The molecule has 17 heavy (non-hydrogen) atoms. The Morgan fingerprint density at radius 1 is 0.824 bits per heavy atom. The Balaban J connectivity index is 3.18. The van der Waals surface area contributed by atoms with Crippen molar-refractivity contribution in [2.45, 2.75) is 71.1 Å². The van der Waals surface area contributed by atoms with Crippen LogP contribution in [0.5, 0.6) is 0 Å². The molecule has 0 N–H and O–H groups in total. The third-order valence-corrected chi connectivity index (χ3v) is 3.52. The van der Waals surface area contributed by atoms with E-state index in [1.54, 1.807) is 6.26 Å². The first kappa shape index (κ1) is 16.7. The molecule has 0 radical (unpaired) electrons. The van der Waals surface area contributed by atoms with E-state index < -0.39 is 0 Å². The van der Waals surface area contributed by atoms with E-state index in [2.05, 4.69) is 6.92 Å². The zero-order valence-electron chi connectivity index (χ0n) is 11.3. The molecule has 0 aliphatic heterocycles. The summed E-state index contributed by atoms with van der Waals surface area (Å²) in [6, 6.07) is 0. The number of carbonyl (C=O) groups excluding carboxylic acids is 2. The molecular formula is C14H26O2S. The second-order valence-electron chi connectivity index (χ2n) is 4.49. The highest BCUT2D eigenvalue weighted by Crippen LogP contribution is 2.11. The molecule has 0 bridgehead atoms. The number of hydrogen-bond donors (Lipinski definition) is 0. The highest BCUT2D eigenvalue weighted by atomic mass is 32.2. The van der Waals surface area contributed by atoms with Crippen molar-refractivity contribution >= 4 is 22.7 Å². The molecule has 0 saturated carbocycles. The fourth-order valence-corrected chi connectivity index (χ4v) is 2.14. The van der Waals surface area contributed by atoms with Crippen molar-refractivity contribution in [1.82, 2.24) is 0 Å². The number of ketones is 1. The Morgan fingerprint density at radius 2 is 1.29 bits per heavy atom. The van der Waals surface area contributed by atoms with Crippen molar-refractivity contribution < 1.29 is 9.59 Å². The molecule has 0 aliphatic carbocycles. The van der Waals surface area contributed by atoms with Gasteiger partial charge in [0, 0.05) is 6.42 Å². The zero-order valence-corrected chi connectivity index (χ0v) is 12.1. The van der Waals surface area contributed by atoms with Crippen LogP contribution in [-0.2, 0) is 9.59 Å². The Hall–Kier alpha value is -0.310. The van der Waals surface area contributed by atoms with Crippen LogP contribution in [0.15, 0.2) is 0 Å². The number of unbranched alkanes of at least 4 members (excludes halogenated alkanes) is 8. The fraction of sp³-hybridized carbons (Fsp3) is 0.857. The monoisotopic (exact) mass is 258 g/mol. The SMILES string of the molecule is CCCCCCCCCCCC(=O)C(=O)SC. The van der Waals surface area contributed by atoms with Gasteiger partial charge in [-0.1, -0.05) is 70.1 Å². The molecule has 3 heteroatoms. The molecular weight excluding hydrogens is 232 g/mol. The highest BCUT2D eigenvalue weighted by molar-refractivity contribution is 8.14. The third-order valence-electron chi connectivity index (χ3n) is 2.92. The van der Waals surface area contributed by atoms with Crippen molar-refractivity contribution in [1.29, 1.82) is 0 Å². The van der Waals surface area contributed by atoms with Crippen molar-refractivity contribution in [3.05, 3.63) is 0 Å². The number of rotatable bonds is 11. The number of carbonyl (C=O) groups is 2. The maximum Gasteiger partial charge on any atom is 0.254 e. The van der Waals surface area contributed by atoms with Crippen molar-refractivity contribution in [3.8, 4) is 0 Å². The second-order valence-corrected chi connectivity index (χ2v) is 5.27. The maximum absolute atomic E-state index is 11.2. The summed E-state index contributed by atoms with van der Waals surface area (Å²) >= 11 is 1.02. The highest BCUT2D eigenvalue weighted by Gasteiger charge is 2.10. The minimum Gasteiger partial charge on any atom is -0.290 e. The minimum absolute atomic E-state index is 0.208. The summed E-state index contributed by atoms with van der Waals surface area (Å²) in [5.41, 5.74) is 0. The van der Waals surface area contributed by atoms with Crippen molar-refractivity contribution in [2.24, 2.45) is 0 Å². The lowest BCUT2D eigenvalue weighted by Gasteiger charge is -2.01. The predicted molar refractivity (Wildman–Crippen MR) is 75.4 cm³/mol. The molecule has 0 atom stereocenters. The van der Waals surface area contributed by atoms with Gasteiger partial charge in [-0.15, -0.1) is 0 Å². The van der Waals surface area contributed by atoms with Crippen LogP contribution in [0.1, 0.15) is 71.1 Å². The third kappa shape index (κ3) is 10.6. The molecule has 0 rings (SSSR count). The van der Waals surface area contributed by atoms with Crippen molar-refractivity contribution in [3.63, 3.8) is 0 Å². The van der Waals surface area contributed by atoms with Gasteiger partial charge < -0.3 is 0 Å². The Labute approximate surface area is 110 Å². The molecule has 100 valence electrons. The topological polar surface area (TPSA) is 34.1 Å². The lowest BCUT2D eigenvalue weighted by molar-refractivity contribution is -0.131. The van der Waals surface area contributed by atoms with Crippen LogP contribution in [0, 0.1) is 0 Å². The number of Topliss-reactive ketones (excluding diaryl/α,β-unsaturated/α-hetero) is 1. The van der Waals surface area contributed by atoms with Gasteiger partial charge in [0.05, 0.1) is 0 Å². The van der Waals surface area contributed by atoms with E-state index in [0.717, 1.165) is 24.6 Å². The average molecular weight is 258 g/mol. The van der Waals surface area contributed by atoms with E-state index >= 15 is 0 Å². The Morgan fingerprint density at radius 3 is 1.76 bits per heavy atom. The van der Waals surface area contributed by atoms with Gasteiger partial charge in [-0.2, -0.15) is 0 Å². The molecule has 0 fully saturated rings. The summed E-state index contributed by atoms with van der Waals surface area (Å²) in [5.74, 6) is -0.208. The standard InChI is InChI=1S/C14H26O2S/c1-3-4-5-6-7-8-9-10-11-12-13(15)14(16)17-2/h3-12H2,1-2H3. The van der Waals surface area contributed by atoms with Crippen LogP contribution in [0.4, 0.5) is 0 Å². The first-order chi connectivity index (χ1) is 8.22. The van der Waals surface area contributed by atoms with Gasteiger partial charge in [0.25, 0.3) is 5.12 Å². The fourth-order valence-electron chi connectivity index (χ4n) is 1.81. The summed E-state index contributed by atoms with van der Waals surface area (Å²) in [7, 11) is 0. The molecule has 2 nitrogen and oxygen atoms in total.